The number of halogens is 4. The van der Waals surface area contributed by atoms with Gasteiger partial charge in [0.15, 0.2) is 0 Å². The summed E-state index contributed by atoms with van der Waals surface area (Å²) in [5.41, 5.74) is 2.44. The standard InChI is InChI=1S/C22H26Cl4N2/c23-19-5-3-17(15-21(19)25)7-11-28(14-13-27-9-1-2-10-27)12-8-18-4-6-20(24)22(26)16-18/h3-6,15-16H,1-2,7-14H2. The zero-order valence-corrected chi connectivity index (χ0v) is 19.0. The van der Waals surface area contributed by atoms with Crippen LogP contribution in [0.5, 0.6) is 0 Å². The number of hydrogen-bond donors (Lipinski definition) is 0. The Morgan fingerprint density at radius 1 is 0.679 bits per heavy atom. The Hall–Kier alpha value is -0.480. The third-order valence-corrected chi connectivity index (χ3v) is 6.81. The molecule has 0 atom stereocenters. The third-order valence-electron chi connectivity index (χ3n) is 5.33. The lowest BCUT2D eigenvalue weighted by molar-refractivity contribution is 0.228. The molecule has 2 nitrogen and oxygen atoms in total. The van der Waals surface area contributed by atoms with Crippen LogP contribution in [0.25, 0.3) is 0 Å². The Labute approximate surface area is 188 Å². The molecule has 0 aliphatic carbocycles. The molecule has 0 radical (unpaired) electrons. The van der Waals surface area contributed by atoms with Crippen LogP contribution in [0.1, 0.15) is 24.0 Å². The number of likely N-dealkylation sites (tertiary alicyclic amines) is 1. The largest absolute Gasteiger partial charge is 0.302 e. The fourth-order valence-corrected chi connectivity index (χ4v) is 4.23. The fourth-order valence-electron chi connectivity index (χ4n) is 3.59. The SMILES string of the molecule is Clc1ccc(CCN(CCc2ccc(Cl)c(Cl)c2)CCN2CCCC2)cc1Cl. The van der Waals surface area contributed by atoms with E-state index in [0.717, 1.165) is 39.0 Å². The van der Waals surface area contributed by atoms with Crippen LogP contribution >= 0.6 is 46.4 Å². The first-order valence-corrected chi connectivity index (χ1v) is 11.3. The molecule has 152 valence electrons. The molecule has 1 aliphatic heterocycles. The lowest BCUT2D eigenvalue weighted by Gasteiger charge is -2.25. The van der Waals surface area contributed by atoms with E-state index in [4.69, 9.17) is 46.4 Å². The van der Waals surface area contributed by atoms with Crippen LogP contribution in [0.15, 0.2) is 36.4 Å². The van der Waals surface area contributed by atoms with E-state index in [-0.39, 0.29) is 0 Å². The van der Waals surface area contributed by atoms with Crippen molar-refractivity contribution in [3.8, 4) is 0 Å². The van der Waals surface area contributed by atoms with Gasteiger partial charge in [0.25, 0.3) is 0 Å². The first kappa shape index (κ1) is 22.2. The highest BCUT2D eigenvalue weighted by Gasteiger charge is 2.14. The van der Waals surface area contributed by atoms with Crippen LogP contribution in [0.2, 0.25) is 20.1 Å². The molecule has 1 fully saturated rings. The Bertz CT molecular complexity index is 720. The number of hydrogen-bond acceptors (Lipinski definition) is 2. The van der Waals surface area contributed by atoms with Crippen molar-refractivity contribution in [1.82, 2.24) is 9.80 Å². The molecular weight excluding hydrogens is 434 g/mol. The second-order valence-electron chi connectivity index (χ2n) is 7.39. The minimum Gasteiger partial charge on any atom is -0.302 e. The van der Waals surface area contributed by atoms with Crippen LogP contribution in [0.3, 0.4) is 0 Å². The van der Waals surface area contributed by atoms with Crippen molar-refractivity contribution in [2.45, 2.75) is 25.7 Å². The van der Waals surface area contributed by atoms with E-state index in [9.17, 15) is 0 Å². The highest BCUT2D eigenvalue weighted by molar-refractivity contribution is 6.42. The minimum absolute atomic E-state index is 0.607. The van der Waals surface area contributed by atoms with Crippen molar-refractivity contribution in [3.05, 3.63) is 67.6 Å². The van der Waals surface area contributed by atoms with Crippen molar-refractivity contribution in [1.29, 1.82) is 0 Å². The van der Waals surface area contributed by atoms with E-state index in [2.05, 4.69) is 21.9 Å². The Balaban J connectivity index is 1.57. The van der Waals surface area contributed by atoms with Crippen LogP contribution in [0.4, 0.5) is 0 Å². The lowest BCUT2D eigenvalue weighted by Crippen LogP contribution is -2.36. The molecule has 1 heterocycles. The molecule has 3 rings (SSSR count). The third kappa shape index (κ3) is 6.79. The van der Waals surface area contributed by atoms with E-state index in [0.29, 0.717) is 20.1 Å². The molecule has 2 aromatic carbocycles. The Kier molecular flexibility index (Phi) is 8.77. The molecule has 0 amide bonds. The Morgan fingerprint density at radius 3 is 1.64 bits per heavy atom. The number of benzene rings is 2. The zero-order chi connectivity index (χ0) is 19.9. The average Bonchev–Trinajstić information content (AvgIpc) is 3.20. The van der Waals surface area contributed by atoms with Gasteiger partial charge in [-0.1, -0.05) is 58.5 Å². The van der Waals surface area contributed by atoms with Gasteiger partial charge >= 0.3 is 0 Å². The first-order valence-electron chi connectivity index (χ1n) is 9.84. The molecule has 1 saturated heterocycles. The van der Waals surface area contributed by atoms with Gasteiger partial charge < -0.3 is 9.80 Å². The summed E-state index contributed by atoms with van der Waals surface area (Å²) < 4.78 is 0. The molecule has 6 heteroatoms. The summed E-state index contributed by atoms with van der Waals surface area (Å²) in [6.45, 7) is 6.65. The fraction of sp³-hybridized carbons (Fsp3) is 0.455. The first-order chi connectivity index (χ1) is 13.5. The van der Waals surface area contributed by atoms with Gasteiger partial charge in [-0.25, -0.2) is 0 Å². The molecule has 0 spiro atoms. The maximum Gasteiger partial charge on any atom is 0.0595 e. The summed E-state index contributed by atoms with van der Waals surface area (Å²) in [7, 11) is 0. The summed E-state index contributed by atoms with van der Waals surface area (Å²) in [5, 5.41) is 2.46. The summed E-state index contributed by atoms with van der Waals surface area (Å²) in [6.07, 6.45) is 4.57. The van der Waals surface area contributed by atoms with Gasteiger partial charge in [-0.2, -0.15) is 0 Å². The molecule has 2 aromatic rings. The molecule has 0 unspecified atom stereocenters. The number of rotatable bonds is 9. The van der Waals surface area contributed by atoms with E-state index in [1.165, 1.54) is 37.1 Å². The van der Waals surface area contributed by atoms with Gasteiger partial charge in [0.05, 0.1) is 20.1 Å². The smallest absolute Gasteiger partial charge is 0.0595 e. The van der Waals surface area contributed by atoms with Crippen molar-refractivity contribution >= 4 is 46.4 Å². The van der Waals surface area contributed by atoms with Crippen molar-refractivity contribution in [3.63, 3.8) is 0 Å². The predicted octanol–water partition coefficient (Wildman–Crippen LogP) is 6.48. The number of nitrogens with zero attached hydrogens (tertiary/aromatic N) is 2. The average molecular weight is 460 g/mol. The lowest BCUT2D eigenvalue weighted by atomic mass is 10.1. The quantitative estimate of drug-likeness (QED) is 0.423. The summed E-state index contributed by atoms with van der Waals surface area (Å²) >= 11 is 24.4. The monoisotopic (exact) mass is 458 g/mol. The van der Waals surface area contributed by atoms with Gasteiger partial charge in [-0.15, -0.1) is 0 Å². The second-order valence-corrected chi connectivity index (χ2v) is 9.02. The summed E-state index contributed by atoms with van der Waals surface area (Å²) in [4.78, 5) is 5.09. The normalized spacial score (nSPS) is 14.9. The van der Waals surface area contributed by atoms with Crippen LogP contribution in [0, 0.1) is 0 Å². The van der Waals surface area contributed by atoms with Gasteiger partial charge in [-0.05, 0) is 74.2 Å². The van der Waals surface area contributed by atoms with Gasteiger partial charge in [-0.3, -0.25) is 0 Å². The van der Waals surface area contributed by atoms with Crippen LogP contribution < -0.4 is 0 Å². The molecule has 0 N–H and O–H groups in total. The molecule has 0 aromatic heterocycles. The van der Waals surface area contributed by atoms with E-state index >= 15 is 0 Å². The topological polar surface area (TPSA) is 6.48 Å². The zero-order valence-electron chi connectivity index (χ0n) is 15.9. The van der Waals surface area contributed by atoms with Gasteiger partial charge in [0, 0.05) is 26.2 Å². The molecule has 0 bridgehead atoms. The Morgan fingerprint density at radius 2 is 1.18 bits per heavy atom. The molecule has 28 heavy (non-hydrogen) atoms. The van der Waals surface area contributed by atoms with Crippen molar-refractivity contribution in [2.75, 3.05) is 39.3 Å². The second kappa shape index (κ2) is 11.1. The highest BCUT2D eigenvalue weighted by Crippen LogP contribution is 2.24. The maximum atomic E-state index is 6.17. The van der Waals surface area contributed by atoms with E-state index < -0.39 is 0 Å². The molecule has 1 aliphatic rings. The molecule has 0 saturated carbocycles. The van der Waals surface area contributed by atoms with Gasteiger partial charge in [0.1, 0.15) is 0 Å². The summed E-state index contributed by atoms with van der Waals surface area (Å²) in [5.74, 6) is 0. The minimum atomic E-state index is 0.607. The highest BCUT2D eigenvalue weighted by atomic mass is 35.5. The van der Waals surface area contributed by atoms with Crippen molar-refractivity contribution in [2.24, 2.45) is 0 Å². The predicted molar refractivity (Wildman–Crippen MR) is 122 cm³/mol. The van der Waals surface area contributed by atoms with E-state index in [1.54, 1.807) is 0 Å². The van der Waals surface area contributed by atoms with Crippen molar-refractivity contribution < 1.29 is 0 Å². The van der Waals surface area contributed by atoms with Crippen LogP contribution in [-0.2, 0) is 12.8 Å². The maximum absolute atomic E-state index is 6.17. The van der Waals surface area contributed by atoms with Crippen LogP contribution in [-0.4, -0.2) is 49.1 Å². The molecular formula is C22H26Cl4N2. The van der Waals surface area contributed by atoms with Gasteiger partial charge in [0.2, 0.25) is 0 Å². The summed E-state index contributed by atoms with van der Waals surface area (Å²) in [6, 6.07) is 11.8. The van der Waals surface area contributed by atoms with E-state index in [1.807, 2.05) is 24.3 Å².